The van der Waals surface area contributed by atoms with Gasteiger partial charge in [0.15, 0.2) is 0 Å². The van der Waals surface area contributed by atoms with Crippen molar-refractivity contribution in [2.75, 3.05) is 6.26 Å². The molecule has 0 aromatic carbocycles. The third kappa shape index (κ3) is 4.42. The van der Waals surface area contributed by atoms with Crippen LogP contribution in [0.25, 0.3) is 0 Å². The second-order valence-corrected chi connectivity index (χ2v) is 7.34. The number of rotatable bonds is 6. The van der Waals surface area contributed by atoms with Gasteiger partial charge in [-0.1, -0.05) is 13.3 Å². The molecule has 7 heteroatoms. The molecule has 2 N–H and O–H groups in total. The molecular weight excluding hydrogens is 278 g/mol. The molecular formula is C13H23N3O3S. The minimum atomic E-state index is -3.39. The summed E-state index contributed by atoms with van der Waals surface area (Å²) < 4.78 is 25.3. The van der Waals surface area contributed by atoms with Crippen molar-refractivity contribution < 1.29 is 8.42 Å². The Hall–Kier alpha value is -1.21. The molecule has 1 aromatic heterocycles. The van der Waals surface area contributed by atoms with E-state index in [1.807, 2.05) is 0 Å². The first-order valence-corrected chi connectivity index (χ1v) is 8.55. The van der Waals surface area contributed by atoms with Crippen LogP contribution in [0.2, 0.25) is 0 Å². The summed E-state index contributed by atoms with van der Waals surface area (Å²) in [5, 5.41) is 0. The summed E-state index contributed by atoms with van der Waals surface area (Å²) in [6.45, 7) is 7.15. The molecule has 0 radical (unpaired) electrons. The lowest BCUT2D eigenvalue weighted by molar-refractivity contribution is 0.444. The number of nitrogens with zero attached hydrogens (tertiary/aromatic N) is 1. The van der Waals surface area contributed by atoms with Gasteiger partial charge in [-0.2, -0.15) is 0 Å². The molecule has 1 aromatic rings. The maximum Gasteiger partial charge on any atom is 0.254 e. The van der Waals surface area contributed by atoms with E-state index in [1.165, 1.54) is 0 Å². The fourth-order valence-corrected chi connectivity index (χ4v) is 3.00. The van der Waals surface area contributed by atoms with Crippen molar-refractivity contribution in [3.63, 3.8) is 0 Å². The first kappa shape index (κ1) is 16.8. The molecule has 0 amide bonds. The van der Waals surface area contributed by atoms with Crippen LogP contribution in [0.4, 0.5) is 0 Å². The van der Waals surface area contributed by atoms with E-state index in [2.05, 4.69) is 21.6 Å². The topological polar surface area (TPSA) is 91.9 Å². The van der Waals surface area contributed by atoms with Gasteiger partial charge >= 0.3 is 0 Å². The first-order valence-electron chi connectivity index (χ1n) is 6.66. The van der Waals surface area contributed by atoms with Crippen LogP contribution in [0.5, 0.6) is 0 Å². The Kier molecular flexibility index (Phi) is 5.10. The van der Waals surface area contributed by atoms with E-state index in [0.717, 1.165) is 24.8 Å². The molecule has 0 bridgehead atoms. The number of sulfonamides is 1. The van der Waals surface area contributed by atoms with Crippen LogP contribution in [0.15, 0.2) is 4.79 Å². The third-order valence-electron chi connectivity index (χ3n) is 3.05. The van der Waals surface area contributed by atoms with Crippen molar-refractivity contribution in [2.24, 2.45) is 0 Å². The second-order valence-electron chi connectivity index (χ2n) is 5.59. The van der Waals surface area contributed by atoms with Gasteiger partial charge in [-0.3, -0.25) is 4.79 Å². The number of aryl methyl sites for hydroxylation is 1. The van der Waals surface area contributed by atoms with Gasteiger partial charge in [-0.15, -0.1) is 0 Å². The first-order chi connectivity index (χ1) is 9.07. The van der Waals surface area contributed by atoms with Crippen molar-refractivity contribution in [3.8, 4) is 0 Å². The fourth-order valence-electron chi connectivity index (χ4n) is 1.97. The number of hydrogen-bond acceptors (Lipinski definition) is 4. The van der Waals surface area contributed by atoms with E-state index in [1.54, 1.807) is 20.8 Å². The normalized spacial score (nSPS) is 12.7. The Morgan fingerprint density at radius 3 is 2.45 bits per heavy atom. The molecule has 20 heavy (non-hydrogen) atoms. The number of H-pyrrole nitrogens is 1. The molecule has 1 rings (SSSR count). The van der Waals surface area contributed by atoms with Gasteiger partial charge in [0.05, 0.1) is 17.5 Å². The molecule has 0 saturated heterocycles. The molecule has 0 spiro atoms. The van der Waals surface area contributed by atoms with Gasteiger partial charge < -0.3 is 4.98 Å². The molecule has 1 heterocycles. The minimum Gasteiger partial charge on any atom is -0.309 e. The lowest BCUT2D eigenvalue weighted by atomic mass is 10.0. The quantitative estimate of drug-likeness (QED) is 0.826. The number of hydrogen-bond donors (Lipinski definition) is 2. The van der Waals surface area contributed by atoms with Crippen LogP contribution in [0.3, 0.4) is 0 Å². The van der Waals surface area contributed by atoms with Crippen molar-refractivity contribution in [2.45, 2.75) is 52.5 Å². The number of nitrogens with one attached hydrogen (secondary N) is 2. The number of aromatic amines is 1. The zero-order valence-electron chi connectivity index (χ0n) is 12.7. The van der Waals surface area contributed by atoms with Gasteiger partial charge in [0, 0.05) is 5.56 Å². The lowest BCUT2D eigenvalue weighted by Crippen LogP contribution is -2.43. The molecule has 0 aliphatic carbocycles. The summed E-state index contributed by atoms with van der Waals surface area (Å²) in [5.74, 6) is 0.338. The van der Waals surface area contributed by atoms with E-state index >= 15 is 0 Å². The highest BCUT2D eigenvalue weighted by atomic mass is 32.2. The van der Waals surface area contributed by atoms with Gasteiger partial charge in [-0.25, -0.2) is 18.1 Å². The summed E-state index contributed by atoms with van der Waals surface area (Å²) in [6.07, 6.45) is 3.75. The second kappa shape index (κ2) is 6.05. The molecule has 0 aliphatic rings. The average Bonchev–Trinajstić information content (AvgIpc) is 2.27. The Morgan fingerprint density at radius 2 is 1.95 bits per heavy atom. The highest BCUT2D eigenvalue weighted by Gasteiger charge is 2.28. The Balaban J connectivity index is 3.25. The highest BCUT2D eigenvalue weighted by molar-refractivity contribution is 7.88. The zero-order valence-corrected chi connectivity index (χ0v) is 13.5. The minimum absolute atomic E-state index is 0.218. The summed E-state index contributed by atoms with van der Waals surface area (Å²) in [5.41, 5.74) is 0.150. The standard InChI is InChI=1S/C13H23N3O3S/c1-6-7-8-10-9(2)11(17)15-12(14-10)13(3,4)16-20(5,18)19/h16H,6-8H2,1-5H3,(H,14,15,17). The number of aromatic nitrogens is 2. The van der Waals surface area contributed by atoms with E-state index < -0.39 is 15.6 Å². The molecule has 0 aliphatic heterocycles. The lowest BCUT2D eigenvalue weighted by Gasteiger charge is -2.24. The molecule has 114 valence electrons. The van der Waals surface area contributed by atoms with Crippen LogP contribution in [-0.4, -0.2) is 24.6 Å². The van der Waals surface area contributed by atoms with Crippen LogP contribution in [0, 0.1) is 6.92 Å². The summed E-state index contributed by atoms with van der Waals surface area (Å²) in [4.78, 5) is 19.1. The van der Waals surface area contributed by atoms with Gasteiger partial charge in [0.2, 0.25) is 10.0 Å². The van der Waals surface area contributed by atoms with Crippen LogP contribution in [-0.2, 0) is 22.0 Å². The zero-order chi connectivity index (χ0) is 15.6. The predicted octanol–water partition coefficient (Wildman–Crippen LogP) is 1.21. The van der Waals surface area contributed by atoms with Gasteiger partial charge in [0.25, 0.3) is 5.56 Å². The van der Waals surface area contributed by atoms with Crippen molar-refractivity contribution in [3.05, 3.63) is 27.4 Å². The summed E-state index contributed by atoms with van der Waals surface area (Å²) in [7, 11) is -3.39. The van der Waals surface area contributed by atoms with Gasteiger partial charge in [0.1, 0.15) is 5.82 Å². The maximum atomic E-state index is 12.0. The Labute approximate surface area is 120 Å². The Bertz CT molecular complexity index is 633. The van der Waals surface area contributed by atoms with Crippen LogP contribution < -0.4 is 10.3 Å². The van der Waals surface area contributed by atoms with E-state index in [0.29, 0.717) is 17.8 Å². The maximum absolute atomic E-state index is 12.0. The monoisotopic (exact) mass is 301 g/mol. The predicted molar refractivity (Wildman–Crippen MR) is 79.2 cm³/mol. The highest BCUT2D eigenvalue weighted by Crippen LogP contribution is 2.17. The molecule has 6 nitrogen and oxygen atoms in total. The molecule has 0 saturated carbocycles. The molecule has 0 atom stereocenters. The van der Waals surface area contributed by atoms with E-state index in [9.17, 15) is 13.2 Å². The van der Waals surface area contributed by atoms with Crippen LogP contribution in [0.1, 0.15) is 50.7 Å². The Morgan fingerprint density at radius 1 is 1.35 bits per heavy atom. The largest absolute Gasteiger partial charge is 0.309 e. The van der Waals surface area contributed by atoms with Gasteiger partial charge in [-0.05, 0) is 33.6 Å². The van der Waals surface area contributed by atoms with Crippen molar-refractivity contribution >= 4 is 10.0 Å². The SMILES string of the molecule is CCCCc1nc(C(C)(C)NS(C)(=O)=O)[nH]c(=O)c1C. The van der Waals surface area contributed by atoms with E-state index in [4.69, 9.17) is 0 Å². The van der Waals surface area contributed by atoms with Crippen LogP contribution >= 0.6 is 0 Å². The number of unbranched alkanes of at least 4 members (excludes halogenated alkanes) is 1. The summed E-state index contributed by atoms with van der Waals surface area (Å²) in [6, 6.07) is 0. The molecule has 0 fully saturated rings. The third-order valence-corrected chi connectivity index (χ3v) is 3.93. The van der Waals surface area contributed by atoms with Crippen molar-refractivity contribution in [1.29, 1.82) is 0 Å². The summed E-state index contributed by atoms with van der Waals surface area (Å²) >= 11 is 0. The fraction of sp³-hybridized carbons (Fsp3) is 0.692. The average molecular weight is 301 g/mol. The molecule has 0 unspecified atom stereocenters. The van der Waals surface area contributed by atoms with E-state index in [-0.39, 0.29) is 5.56 Å². The van der Waals surface area contributed by atoms with Crippen molar-refractivity contribution in [1.82, 2.24) is 14.7 Å². The smallest absolute Gasteiger partial charge is 0.254 e.